The SMILES string of the molecule is CC(C)(C)c1cc(C(=O)CN2Cc3ccc(C4CC4)nc3C2=N)cc2c1OCC(CC(=O)O)N2C1CC1. The van der Waals surface area contributed by atoms with Crippen molar-refractivity contribution >= 4 is 23.3 Å². The average Bonchev–Trinajstić information content (AvgIpc) is 3.76. The largest absolute Gasteiger partial charge is 0.489 e. The molecule has 8 heteroatoms. The van der Waals surface area contributed by atoms with E-state index < -0.39 is 5.97 Å². The maximum atomic E-state index is 13.7. The van der Waals surface area contributed by atoms with Crippen molar-refractivity contribution in [3.05, 3.63) is 52.3 Å². The quantitative estimate of drug-likeness (QED) is 0.538. The number of amidine groups is 1. The summed E-state index contributed by atoms with van der Waals surface area (Å²) in [5, 5.41) is 18.2. The summed E-state index contributed by atoms with van der Waals surface area (Å²) >= 11 is 0. The van der Waals surface area contributed by atoms with Crippen LogP contribution in [0.5, 0.6) is 5.75 Å². The number of aromatic nitrogens is 1. The number of fused-ring (bicyclic) bond motifs is 2. The van der Waals surface area contributed by atoms with Crippen LogP contribution in [0, 0.1) is 5.41 Å². The van der Waals surface area contributed by atoms with E-state index in [1.54, 1.807) is 4.90 Å². The Morgan fingerprint density at radius 3 is 2.57 bits per heavy atom. The normalized spacial score (nSPS) is 20.9. The van der Waals surface area contributed by atoms with Gasteiger partial charge in [-0.1, -0.05) is 26.8 Å². The first-order chi connectivity index (χ1) is 17.6. The van der Waals surface area contributed by atoms with Gasteiger partial charge in [0.05, 0.1) is 24.7 Å². The van der Waals surface area contributed by atoms with Gasteiger partial charge in [0.1, 0.15) is 23.9 Å². The third-order valence-electron chi connectivity index (χ3n) is 7.87. The molecule has 0 spiro atoms. The van der Waals surface area contributed by atoms with E-state index >= 15 is 0 Å². The second kappa shape index (κ2) is 8.57. The minimum atomic E-state index is -0.850. The number of pyridine rings is 1. The molecule has 2 aliphatic heterocycles. The number of hydrogen-bond donors (Lipinski definition) is 2. The van der Waals surface area contributed by atoms with Crippen LogP contribution in [-0.4, -0.2) is 57.8 Å². The molecule has 2 saturated carbocycles. The summed E-state index contributed by atoms with van der Waals surface area (Å²) in [5.74, 6) is 0.669. The van der Waals surface area contributed by atoms with Gasteiger partial charge in [-0.3, -0.25) is 15.0 Å². The molecule has 4 aliphatic rings. The molecule has 0 bridgehead atoms. The van der Waals surface area contributed by atoms with Gasteiger partial charge in [-0.2, -0.15) is 0 Å². The molecule has 37 heavy (non-hydrogen) atoms. The van der Waals surface area contributed by atoms with Crippen molar-refractivity contribution in [2.75, 3.05) is 18.1 Å². The number of hydrogen-bond acceptors (Lipinski definition) is 6. The fourth-order valence-electron chi connectivity index (χ4n) is 5.61. The number of rotatable bonds is 7. The highest BCUT2D eigenvalue weighted by atomic mass is 16.5. The molecular weight excluding hydrogens is 468 g/mol. The van der Waals surface area contributed by atoms with Crippen molar-refractivity contribution in [3.63, 3.8) is 0 Å². The standard InChI is InChI=1S/C29H34N4O4/c1-29(2,3)21-10-18(11-23-27(21)37-15-20(12-25(35)36)33(23)19-7-8-19)24(34)14-32-13-17-6-9-22(16-4-5-16)31-26(17)28(32)30/h6,9-11,16,19-20,30H,4-5,7-8,12-15H2,1-3H3,(H,35,36). The van der Waals surface area contributed by atoms with Gasteiger partial charge >= 0.3 is 5.97 Å². The van der Waals surface area contributed by atoms with Crippen LogP contribution in [-0.2, 0) is 16.8 Å². The summed E-state index contributed by atoms with van der Waals surface area (Å²) in [6.07, 6.45) is 4.34. The zero-order valence-corrected chi connectivity index (χ0v) is 21.7. The van der Waals surface area contributed by atoms with Crippen LogP contribution in [0.15, 0.2) is 24.3 Å². The zero-order valence-electron chi connectivity index (χ0n) is 21.7. The lowest BCUT2D eigenvalue weighted by Crippen LogP contribution is -2.46. The molecule has 1 atom stereocenters. The van der Waals surface area contributed by atoms with Crippen LogP contribution in [0.1, 0.15) is 91.7 Å². The van der Waals surface area contributed by atoms with Crippen LogP contribution < -0.4 is 9.64 Å². The first-order valence-electron chi connectivity index (χ1n) is 13.3. The Morgan fingerprint density at radius 2 is 1.92 bits per heavy atom. The zero-order chi connectivity index (χ0) is 26.1. The predicted octanol–water partition coefficient (Wildman–Crippen LogP) is 4.48. The van der Waals surface area contributed by atoms with Crippen LogP contribution in [0.3, 0.4) is 0 Å². The van der Waals surface area contributed by atoms with E-state index in [2.05, 4.69) is 37.8 Å². The van der Waals surface area contributed by atoms with E-state index in [1.165, 1.54) is 0 Å². The van der Waals surface area contributed by atoms with E-state index in [9.17, 15) is 14.7 Å². The minimum absolute atomic E-state index is 0.00197. The Hall–Kier alpha value is -3.42. The van der Waals surface area contributed by atoms with Gasteiger partial charge in [0.2, 0.25) is 0 Å². The second-order valence-corrected chi connectivity index (χ2v) is 12.0. The monoisotopic (exact) mass is 502 g/mol. The fraction of sp³-hybridized carbons (Fsp3) is 0.517. The van der Waals surface area contributed by atoms with Crippen molar-refractivity contribution in [3.8, 4) is 5.75 Å². The lowest BCUT2D eigenvalue weighted by Gasteiger charge is -2.40. The summed E-state index contributed by atoms with van der Waals surface area (Å²) in [5.41, 5.74) is 4.82. The molecule has 2 aromatic rings. The number of benzene rings is 1. The first kappa shape index (κ1) is 23.9. The summed E-state index contributed by atoms with van der Waals surface area (Å²) in [6.45, 7) is 7.22. The van der Waals surface area contributed by atoms with Crippen molar-refractivity contribution in [1.29, 1.82) is 5.41 Å². The number of carbonyl (C=O) groups excluding carboxylic acids is 1. The number of nitrogens with zero attached hydrogens (tertiary/aromatic N) is 3. The van der Waals surface area contributed by atoms with Crippen molar-refractivity contribution < 1.29 is 19.4 Å². The van der Waals surface area contributed by atoms with Gasteiger partial charge in [0, 0.05) is 40.9 Å². The number of Topliss-reactive ketones (excluding diaryl/α,β-unsaturated/α-hetero) is 1. The molecule has 2 N–H and O–H groups in total. The highest BCUT2D eigenvalue weighted by Crippen LogP contribution is 2.47. The lowest BCUT2D eigenvalue weighted by atomic mass is 9.83. The Balaban J connectivity index is 1.31. The Bertz CT molecular complexity index is 1310. The van der Waals surface area contributed by atoms with Gasteiger partial charge in [-0.15, -0.1) is 0 Å². The topological polar surface area (TPSA) is 107 Å². The molecule has 1 aromatic carbocycles. The van der Waals surface area contributed by atoms with Gasteiger partial charge in [-0.05, 0) is 49.3 Å². The van der Waals surface area contributed by atoms with Gasteiger partial charge in [-0.25, -0.2) is 4.98 Å². The molecule has 6 rings (SSSR count). The second-order valence-electron chi connectivity index (χ2n) is 12.0. The average molecular weight is 503 g/mol. The molecule has 2 fully saturated rings. The summed E-state index contributed by atoms with van der Waals surface area (Å²) < 4.78 is 6.20. The van der Waals surface area contributed by atoms with E-state index in [1.807, 2.05) is 12.1 Å². The number of ether oxygens (including phenoxy) is 1. The summed E-state index contributed by atoms with van der Waals surface area (Å²) in [6, 6.07) is 7.95. The summed E-state index contributed by atoms with van der Waals surface area (Å²) in [7, 11) is 0. The number of ketones is 1. The summed E-state index contributed by atoms with van der Waals surface area (Å²) in [4.78, 5) is 34.0. The maximum absolute atomic E-state index is 13.7. The molecule has 1 aromatic heterocycles. The number of carbonyl (C=O) groups is 2. The van der Waals surface area contributed by atoms with Gasteiger partial charge in [0.15, 0.2) is 5.78 Å². The van der Waals surface area contributed by atoms with E-state index in [-0.39, 0.29) is 36.2 Å². The van der Waals surface area contributed by atoms with E-state index in [0.29, 0.717) is 36.2 Å². The number of nitrogens with one attached hydrogen (secondary N) is 1. The van der Waals surface area contributed by atoms with Crippen LogP contribution >= 0.6 is 0 Å². The Labute approximate surface area is 217 Å². The molecular formula is C29H34N4O4. The van der Waals surface area contributed by atoms with Crippen LogP contribution in [0.4, 0.5) is 5.69 Å². The predicted molar refractivity (Wildman–Crippen MR) is 140 cm³/mol. The third-order valence-corrected chi connectivity index (χ3v) is 7.87. The van der Waals surface area contributed by atoms with Gasteiger partial charge < -0.3 is 19.6 Å². The Morgan fingerprint density at radius 1 is 1.16 bits per heavy atom. The van der Waals surface area contributed by atoms with Crippen molar-refractivity contribution in [1.82, 2.24) is 9.88 Å². The minimum Gasteiger partial charge on any atom is -0.489 e. The Kier molecular flexibility index (Phi) is 5.55. The van der Waals surface area contributed by atoms with E-state index in [4.69, 9.17) is 15.1 Å². The molecule has 8 nitrogen and oxygen atoms in total. The highest BCUT2D eigenvalue weighted by Gasteiger charge is 2.41. The van der Waals surface area contributed by atoms with Crippen LogP contribution in [0.25, 0.3) is 0 Å². The van der Waals surface area contributed by atoms with Crippen molar-refractivity contribution in [2.24, 2.45) is 0 Å². The molecule has 0 radical (unpaired) electrons. The fourth-order valence-corrected chi connectivity index (χ4v) is 5.61. The van der Waals surface area contributed by atoms with Crippen LogP contribution in [0.2, 0.25) is 0 Å². The lowest BCUT2D eigenvalue weighted by molar-refractivity contribution is -0.137. The molecule has 0 saturated heterocycles. The number of carboxylic acid groups (broad SMARTS) is 1. The molecule has 0 amide bonds. The number of aliphatic carboxylic acids is 1. The molecule has 2 aliphatic carbocycles. The molecule has 1 unspecified atom stereocenters. The van der Waals surface area contributed by atoms with E-state index in [0.717, 1.165) is 53.9 Å². The molecule has 194 valence electrons. The maximum Gasteiger partial charge on any atom is 0.305 e. The number of anilines is 1. The third kappa shape index (κ3) is 4.47. The number of carboxylic acids is 1. The highest BCUT2D eigenvalue weighted by molar-refractivity contribution is 6.05. The smallest absolute Gasteiger partial charge is 0.305 e. The van der Waals surface area contributed by atoms with Gasteiger partial charge in [0.25, 0.3) is 0 Å². The van der Waals surface area contributed by atoms with Crippen molar-refractivity contribution in [2.45, 2.75) is 82.8 Å². The first-order valence-corrected chi connectivity index (χ1v) is 13.3. The molecule has 3 heterocycles.